The Kier molecular flexibility index (Phi) is 5.38. The molecule has 158 valence electrons. The van der Waals surface area contributed by atoms with Crippen molar-refractivity contribution in [1.29, 1.82) is 0 Å². The van der Waals surface area contributed by atoms with Crippen molar-refractivity contribution in [3.8, 4) is 22.8 Å². The summed E-state index contributed by atoms with van der Waals surface area (Å²) in [6, 6.07) is 11.1. The maximum absolute atomic E-state index is 13.2. The Bertz CT molecular complexity index is 1180. The summed E-state index contributed by atoms with van der Waals surface area (Å²) in [5, 5.41) is 18.1. The molecular formula is C25H25N3O3. The van der Waals surface area contributed by atoms with Crippen molar-refractivity contribution < 1.29 is 14.6 Å². The number of hydrogen-bond donors (Lipinski definition) is 2. The van der Waals surface area contributed by atoms with Crippen molar-refractivity contribution in [3.63, 3.8) is 0 Å². The van der Waals surface area contributed by atoms with E-state index in [2.05, 4.69) is 23.4 Å². The second kappa shape index (κ2) is 8.14. The number of benzene rings is 2. The Morgan fingerprint density at radius 1 is 1.23 bits per heavy atom. The van der Waals surface area contributed by atoms with Crippen LogP contribution in [0, 0.1) is 13.8 Å². The van der Waals surface area contributed by atoms with Crippen molar-refractivity contribution in [1.82, 2.24) is 15.1 Å². The lowest BCUT2D eigenvalue weighted by Crippen LogP contribution is -2.29. The summed E-state index contributed by atoms with van der Waals surface area (Å²) in [4.78, 5) is 14.9. The predicted octanol–water partition coefficient (Wildman–Crippen LogP) is 4.70. The van der Waals surface area contributed by atoms with Gasteiger partial charge in [0.1, 0.15) is 29.5 Å². The number of fused-ring (bicyclic) bond motifs is 1. The van der Waals surface area contributed by atoms with Gasteiger partial charge in [-0.3, -0.25) is 9.89 Å². The number of amides is 1. The maximum Gasteiger partial charge on any atom is 0.273 e. The lowest BCUT2D eigenvalue weighted by atomic mass is 9.94. The monoisotopic (exact) mass is 415 g/mol. The lowest BCUT2D eigenvalue weighted by Gasteiger charge is -2.25. The van der Waals surface area contributed by atoms with Crippen LogP contribution in [0.1, 0.15) is 38.8 Å². The molecule has 6 heteroatoms. The van der Waals surface area contributed by atoms with E-state index in [-0.39, 0.29) is 17.7 Å². The summed E-state index contributed by atoms with van der Waals surface area (Å²) in [7, 11) is 0. The fraction of sp³-hybridized carbons (Fsp3) is 0.200. The third-order valence-electron chi connectivity index (χ3n) is 5.43. The first-order valence-electron chi connectivity index (χ1n) is 10.1. The van der Waals surface area contributed by atoms with Crippen LogP contribution in [-0.4, -0.2) is 39.3 Å². The first-order valence-corrected chi connectivity index (χ1v) is 10.1. The van der Waals surface area contributed by atoms with Crippen molar-refractivity contribution in [2.45, 2.75) is 19.9 Å². The van der Waals surface area contributed by atoms with E-state index < -0.39 is 0 Å². The number of aromatic hydroxyl groups is 1. The molecule has 4 rings (SSSR count). The number of nitrogens with zero attached hydrogens (tertiary/aromatic N) is 2. The van der Waals surface area contributed by atoms with Crippen LogP contribution in [0.15, 0.2) is 61.7 Å². The smallest absolute Gasteiger partial charge is 0.273 e. The van der Waals surface area contributed by atoms with Crippen LogP contribution in [0.4, 0.5) is 0 Å². The molecule has 1 aliphatic heterocycles. The second-order valence-electron chi connectivity index (χ2n) is 7.66. The summed E-state index contributed by atoms with van der Waals surface area (Å²) in [5.41, 5.74) is 5.00. The largest absolute Gasteiger partial charge is 0.507 e. The summed E-state index contributed by atoms with van der Waals surface area (Å²) in [5.74, 6) is 0.701. The van der Waals surface area contributed by atoms with Gasteiger partial charge >= 0.3 is 0 Å². The molecule has 1 unspecified atom stereocenters. The van der Waals surface area contributed by atoms with Crippen LogP contribution in [0.5, 0.6) is 11.5 Å². The van der Waals surface area contributed by atoms with Gasteiger partial charge in [-0.25, -0.2) is 0 Å². The Balaban J connectivity index is 1.90. The fourth-order valence-corrected chi connectivity index (χ4v) is 4.15. The third kappa shape index (κ3) is 3.50. The second-order valence-corrected chi connectivity index (χ2v) is 7.66. The Hall–Kier alpha value is -3.80. The van der Waals surface area contributed by atoms with Gasteiger partial charge in [-0.2, -0.15) is 5.10 Å². The highest BCUT2D eigenvalue weighted by Gasteiger charge is 2.42. The molecule has 0 fully saturated rings. The van der Waals surface area contributed by atoms with Crippen LogP contribution in [0.3, 0.4) is 0 Å². The average molecular weight is 415 g/mol. The standard InChI is InChI=1S/C25H25N3O3/c1-5-10-28-23(17-8-7-9-18(14-17)31-11-6-2)20-21(26-27-22(20)25(28)30)19-13-15(3)12-16(4)24(19)29/h5-9,12-14,23,29H,1-2,10-11H2,3-4H3,(H,26,27). The molecule has 31 heavy (non-hydrogen) atoms. The number of H-pyrrole nitrogens is 1. The van der Waals surface area contributed by atoms with E-state index in [1.165, 1.54) is 0 Å². The third-order valence-corrected chi connectivity index (χ3v) is 5.43. The van der Waals surface area contributed by atoms with Crippen molar-refractivity contribution >= 4 is 5.91 Å². The molecule has 0 bridgehead atoms. The highest BCUT2D eigenvalue weighted by Crippen LogP contribution is 2.45. The molecule has 1 atom stereocenters. The van der Waals surface area contributed by atoms with E-state index in [9.17, 15) is 9.90 Å². The van der Waals surface area contributed by atoms with E-state index in [4.69, 9.17) is 4.74 Å². The summed E-state index contributed by atoms with van der Waals surface area (Å²) < 4.78 is 5.71. The minimum atomic E-state index is -0.387. The first kappa shape index (κ1) is 20.5. The van der Waals surface area contributed by atoms with Gasteiger partial charge in [-0.15, -0.1) is 6.58 Å². The zero-order chi connectivity index (χ0) is 22.1. The molecule has 0 aliphatic carbocycles. The van der Waals surface area contributed by atoms with Gasteiger partial charge in [0.2, 0.25) is 0 Å². The molecule has 0 spiro atoms. The highest BCUT2D eigenvalue weighted by molar-refractivity contribution is 6.00. The number of phenolic OH excluding ortho intramolecular Hbond substituents is 1. The number of hydrogen-bond acceptors (Lipinski definition) is 4. The number of aryl methyl sites for hydroxylation is 2. The molecule has 2 N–H and O–H groups in total. The molecule has 0 saturated heterocycles. The molecule has 6 nitrogen and oxygen atoms in total. The number of carbonyl (C=O) groups excluding carboxylic acids is 1. The summed E-state index contributed by atoms with van der Waals surface area (Å²) >= 11 is 0. The number of phenols is 1. The maximum atomic E-state index is 13.2. The number of nitrogens with one attached hydrogen (secondary N) is 1. The molecule has 3 aromatic rings. The van der Waals surface area contributed by atoms with E-state index >= 15 is 0 Å². The SMILES string of the molecule is C=CCOc1cccc(C2c3c(-c4cc(C)cc(C)c4O)n[nH]c3C(=O)N2CC=C)c1. The zero-order valence-electron chi connectivity index (χ0n) is 17.7. The summed E-state index contributed by atoms with van der Waals surface area (Å²) in [6.45, 7) is 12.1. The number of rotatable bonds is 7. The van der Waals surface area contributed by atoms with Crippen LogP contribution in [-0.2, 0) is 0 Å². The van der Waals surface area contributed by atoms with Crippen molar-refractivity contribution in [3.05, 3.63) is 89.7 Å². The molecular weight excluding hydrogens is 390 g/mol. The number of ether oxygens (including phenoxy) is 1. The molecule has 1 aliphatic rings. The molecule has 0 saturated carbocycles. The van der Waals surface area contributed by atoms with E-state index in [0.717, 1.165) is 22.3 Å². The van der Waals surface area contributed by atoms with E-state index in [1.54, 1.807) is 17.1 Å². The first-order chi connectivity index (χ1) is 15.0. The molecule has 1 aromatic heterocycles. The number of aromatic amines is 1. The van der Waals surface area contributed by atoms with Gasteiger partial charge in [0.15, 0.2) is 0 Å². The fourth-order valence-electron chi connectivity index (χ4n) is 4.15. The topological polar surface area (TPSA) is 78.5 Å². The van der Waals surface area contributed by atoms with E-state index in [0.29, 0.717) is 35.9 Å². The Labute approximate surface area is 181 Å². The molecule has 1 amide bonds. The quantitative estimate of drug-likeness (QED) is 0.549. The molecule has 0 radical (unpaired) electrons. The van der Waals surface area contributed by atoms with Gasteiger partial charge in [0, 0.05) is 17.7 Å². The van der Waals surface area contributed by atoms with Gasteiger partial charge in [0.25, 0.3) is 5.91 Å². The van der Waals surface area contributed by atoms with Gasteiger partial charge in [-0.1, -0.05) is 36.9 Å². The van der Waals surface area contributed by atoms with Gasteiger partial charge in [0.05, 0.1) is 6.04 Å². The zero-order valence-corrected chi connectivity index (χ0v) is 17.7. The minimum absolute atomic E-state index is 0.153. The van der Waals surface area contributed by atoms with Crippen LogP contribution in [0.2, 0.25) is 0 Å². The number of aromatic nitrogens is 2. The normalized spacial score (nSPS) is 15.1. The van der Waals surface area contributed by atoms with E-state index in [1.807, 2.05) is 50.2 Å². The molecule has 2 heterocycles. The van der Waals surface area contributed by atoms with Crippen molar-refractivity contribution in [2.24, 2.45) is 0 Å². The van der Waals surface area contributed by atoms with Crippen LogP contribution in [0.25, 0.3) is 11.3 Å². The van der Waals surface area contributed by atoms with Crippen LogP contribution >= 0.6 is 0 Å². The Morgan fingerprint density at radius 2 is 2.03 bits per heavy atom. The predicted molar refractivity (Wildman–Crippen MR) is 120 cm³/mol. The lowest BCUT2D eigenvalue weighted by molar-refractivity contribution is 0.0764. The van der Waals surface area contributed by atoms with Gasteiger partial charge < -0.3 is 14.7 Å². The Morgan fingerprint density at radius 3 is 2.77 bits per heavy atom. The molecule has 2 aromatic carbocycles. The summed E-state index contributed by atoms with van der Waals surface area (Å²) in [6.07, 6.45) is 3.39. The van der Waals surface area contributed by atoms with Gasteiger partial charge in [-0.05, 0) is 48.7 Å². The highest BCUT2D eigenvalue weighted by atomic mass is 16.5. The number of carbonyl (C=O) groups is 1. The minimum Gasteiger partial charge on any atom is -0.507 e. The van der Waals surface area contributed by atoms with Crippen LogP contribution < -0.4 is 4.74 Å². The van der Waals surface area contributed by atoms with Crippen molar-refractivity contribution in [2.75, 3.05) is 13.2 Å². The average Bonchev–Trinajstić information content (AvgIpc) is 3.29.